The number of fused-ring (bicyclic) bond motifs is 1. The average Bonchev–Trinajstić information content (AvgIpc) is 3.24. The monoisotopic (exact) mass is 317 g/mol. The van der Waals surface area contributed by atoms with Gasteiger partial charge in [-0.25, -0.2) is 4.98 Å². The van der Waals surface area contributed by atoms with Crippen molar-refractivity contribution in [2.75, 3.05) is 26.2 Å². The number of aromatic nitrogens is 1. The smallest absolute Gasteiger partial charge is 0.289 e. The largest absolute Gasteiger partial charge is 0.459 e. The third kappa shape index (κ3) is 2.68. The molecule has 1 saturated heterocycles. The zero-order valence-electron chi connectivity index (χ0n) is 12.5. The molecule has 0 spiro atoms. The van der Waals surface area contributed by atoms with E-state index in [1.807, 2.05) is 16.2 Å². The SMILES string of the molecule is O=C(c1ccco1)N1CCN(Cc2nc3c(s2)CCC3)CC1. The Kier molecular flexibility index (Phi) is 3.72. The van der Waals surface area contributed by atoms with Crippen molar-refractivity contribution in [2.45, 2.75) is 25.8 Å². The number of furan rings is 1. The highest BCUT2D eigenvalue weighted by molar-refractivity contribution is 7.11. The van der Waals surface area contributed by atoms with Gasteiger partial charge in [-0.2, -0.15) is 0 Å². The number of nitrogens with zero attached hydrogens (tertiary/aromatic N) is 3. The number of hydrogen-bond acceptors (Lipinski definition) is 5. The number of carbonyl (C=O) groups is 1. The normalized spacial score (nSPS) is 18.6. The van der Waals surface area contributed by atoms with Crippen LogP contribution in [0, 0.1) is 0 Å². The van der Waals surface area contributed by atoms with Gasteiger partial charge in [0.25, 0.3) is 5.91 Å². The summed E-state index contributed by atoms with van der Waals surface area (Å²) in [6, 6.07) is 3.48. The summed E-state index contributed by atoms with van der Waals surface area (Å²) < 4.78 is 5.19. The number of hydrogen-bond donors (Lipinski definition) is 0. The summed E-state index contributed by atoms with van der Waals surface area (Å²) in [5.41, 5.74) is 1.33. The van der Waals surface area contributed by atoms with Crippen LogP contribution in [0.2, 0.25) is 0 Å². The molecule has 1 aliphatic carbocycles. The van der Waals surface area contributed by atoms with Crippen molar-refractivity contribution in [2.24, 2.45) is 0 Å². The molecule has 0 N–H and O–H groups in total. The first kappa shape index (κ1) is 14.0. The predicted octanol–water partition coefficient (Wildman–Crippen LogP) is 2.18. The van der Waals surface area contributed by atoms with Crippen molar-refractivity contribution in [3.8, 4) is 0 Å². The van der Waals surface area contributed by atoms with Gasteiger partial charge < -0.3 is 9.32 Å². The summed E-state index contributed by atoms with van der Waals surface area (Å²) in [5, 5.41) is 1.23. The third-order valence-corrected chi connectivity index (χ3v) is 5.53. The lowest BCUT2D eigenvalue weighted by Crippen LogP contribution is -2.48. The molecule has 6 heteroatoms. The molecular weight excluding hydrogens is 298 g/mol. The van der Waals surface area contributed by atoms with E-state index in [1.165, 1.54) is 28.4 Å². The van der Waals surface area contributed by atoms with E-state index in [0.29, 0.717) is 5.76 Å². The molecule has 2 aromatic heterocycles. The number of thiazole rings is 1. The van der Waals surface area contributed by atoms with Gasteiger partial charge in [0.2, 0.25) is 0 Å². The summed E-state index contributed by atoms with van der Waals surface area (Å²) in [6.45, 7) is 4.23. The molecule has 0 aromatic carbocycles. The van der Waals surface area contributed by atoms with E-state index in [4.69, 9.17) is 9.40 Å². The Morgan fingerprint density at radius 2 is 2.14 bits per heavy atom. The first-order valence-electron chi connectivity index (χ1n) is 7.82. The number of piperazine rings is 1. The van der Waals surface area contributed by atoms with Crippen LogP contribution in [0.15, 0.2) is 22.8 Å². The van der Waals surface area contributed by atoms with E-state index < -0.39 is 0 Å². The zero-order chi connectivity index (χ0) is 14.9. The minimum atomic E-state index is -0.00197. The molecule has 5 nitrogen and oxygen atoms in total. The minimum absolute atomic E-state index is 0.00197. The molecule has 0 radical (unpaired) electrons. The summed E-state index contributed by atoms with van der Waals surface area (Å²) >= 11 is 1.87. The number of rotatable bonds is 3. The first-order valence-corrected chi connectivity index (χ1v) is 8.64. The van der Waals surface area contributed by atoms with Gasteiger partial charge in [-0.1, -0.05) is 0 Å². The second-order valence-electron chi connectivity index (χ2n) is 5.88. The Morgan fingerprint density at radius 1 is 1.27 bits per heavy atom. The van der Waals surface area contributed by atoms with E-state index in [2.05, 4.69) is 4.90 Å². The highest BCUT2D eigenvalue weighted by Gasteiger charge is 2.25. The third-order valence-electron chi connectivity index (χ3n) is 4.39. The number of amides is 1. The topological polar surface area (TPSA) is 49.6 Å². The van der Waals surface area contributed by atoms with Crippen LogP contribution in [0.5, 0.6) is 0 Å². The molecule has 1 aliphatic heterocycles. The lowest BCUT2D eigenvalue weighted by atomic mass is 10.3. The van der Waals surface area contributed by atoms with Gasteiger partial charge in [-0.15, -0.1) is 11.3 Å². The van der Waals surface area contributed by atoms with Crippen LogP contribution in [0.4, 0.5) is 0 Å². The Hall–Kier alpha value is -1.66. The minimum Gasteiger partial charge on any atom is -0.459 e. The molecule has 4 rings (SSSR count). The lowest BCUT2D eigenvalue weighted by molar-refractivity contribution is 0.0597. The average molecular weight is 317 g/mol. The molecule has 1 amide bonds. The Morgan fingerprint density at radius 3 is 2.86 bits per heavy atom. The van der Waals surface area contributed by atoms with Crippen molar-refractivity contribution in [3.05, 3.63) is 39.7 Å². The van der Waals surface area contributed by atoms with Crippen molar-refractivity contribution in [1.82, 2.24) is 14.8 Å². The standard InChI is InChI=1S/C16H19N3O2S/c20-16(13-4-2-10-21-13)19-8-6-18(7-9-19)11-15-17-12-3-1-5-14(12)22-15/h2,4,10H,1,3,5-9,11H2. The molecule has 1 fully saturated rings. The second kappa shape index (κ2) is 5.85. The fourth-order valence-electron chi connectivity index (χ4n) is 3.17. The fourth-order valence-corrected chi connectivity index (χ4v) is 4.37. The van der Waals surface area contributed by atoms with Crippen LogP contribution in [-0.4, -0.2) is 46.9 Å². The van der Waals surface area contributed by atoms with Crippen molar-refractivity contribution >= 4 is 17.2 Å². The summed E-state index contributed by atoms with van der Waals surface area (Å²) in [4.78, 5) is 22.7. The van der Waals surface area contributed by atoms with Gasteiger partial charge in [0.15, 0.2) is 5.76 Å². The Balaban J connectivity index is 1.32. The molecule has 0 atom stereocenters. The van der Waals surface area contributed by atoms with Crippen LogP contribution >= 0.6 is 11.3 Å². The fraction of sp³-hybridized carbons (Fsp3) is 0.500. The molecule has 0 saturated carbocycles. The van der Waals surface area contributed by atoms with Crippen LogP contribution in [0.3, 0.4) is 0 Å². The maximum atomic E-state index is 12.2. The van der Waals surface area contributed by atoms with Gasteiger partial charge in [-0.3, -0.25) is 9.69 Å². The van der Waals surface area contributed by atoms with Crippen LogP contribution < -0.4 is 0 Å². The highest BCUT2D eigenvalue weighted by Crippen LogP contribution is 2.28. The van der Waals surface area contributed by atoms with E-state index >= 15 is 0 Å². The zero-order valence-corrected chi connectivity index (χ0v) is 13.3. The lowest BCUT2D eigenvalue weighted by Gasteiger charge is -2.33. The van der Waals surface area contributed by atoms with E-state index in [0.717, 1.165) is 39.1 Å². The Labute approximate surface area is 133 Å². The summed E-state index contributed by atoms with van der Waals surface area (Å²) in [7, 11) is 0. The molecule has 116 valence electrons. The van der Waals surface area contributed by atoms with Gasteiger partial charge in [-0.05, 0) is 31.4 Å². The molecule has 3 heterocycles. The molecular formula is C16H19N3O2S. The van der Waals surface area contributed by atoms with E-state index in [-0.39, 0.29) is 5.91 Å². The van der Waals surface area contributed by atoms with Crippen molar-refractivity contribution < 1.29 is 9.21 Å². The van der Waals surface area contributed by atoms with E-state index in [1.54, 1.807) is 18.4 Å². The maximum Gasteiger partial charge on any atom is 0.289 e. The first-order chi connectivity index (χ1) is 10.8. The van der Waals surface area contributed by atoms with Crippen LogP contribution in [-0.2, 0) is 19.4 Å². The molecule has 2 aromatic rings. The number of aryl methyl sites for hydroxylation is 2. The molecule has 0 unspecified atom stereocenters. The quantitative estimate of drug-likeness (QED) is 0.871. The number of carbonyl (C=O) groups excluding carboxylic acids is 1. The molecule has 2 aliphatic rings. The van der Waals surface area contributed by atoms with Gasteiger partial charge >= 0.3 is 0 Å². The van der Waals surface area contributed by atoms with Gasteiger partial charge in [0, 0.05) is 31.1 Å². The maximum absolute atomic E-state index is 12.2. The Bertz CT molecular complexity index is 635. The van der Waals surface area contributed by atoms with Crippen molar-refractivity contribution in [3.63, 3.8) is 0 Å². The summed E-state index contributed by atoms with van der Waals surface area (Å²) in [5.74, 6) is 0.433. The highest BCUT2D eigenvalue weighted by atomic mass is 32.1. The van der Waals surface area contributed by atoms with Crippen LogP contribution in [0.25, 0.3) is 0 Å². The van der Waals surface area contributed by atoms with E-state index in [9.17, 15) is 4.79 Å². The molecule has 0 bridgehead atoms. The van der Waals surface area contributed by atoms with Crippen molar-refractivity contribution in [1.29, 1.82) is 0 Å². The molecule has 22 heavy (non-hydrogen) atoms. The van der Waals surface area contributed by atoms with Gasteiger partial charge in [0.1, 0.15) is 5.01 Å². The van der Waals surface area contributed by atoms with Crippen LogP contribution in [0.1, 0.15) is 32.6 Å². The van der Waals surface area contributed by atoms with Gasteiger partial charge in [0.05, 0.1) is 18.5 Å². The second-order valence-corrected chi connectivity index (χ2v) is 7.04. The summed E-state index contributed by atoms with van der Waals surface area (Å²) in [6.07, 6.45) is 5.17. The predicted molar refractivity (Wildman–Crippen MR) is 84.0 cm³/mol.